The third-order valence-corrected chi connectivity index (χ3v) is 3.44. The van der Waals surface area contributed by atoms with Crippen LogP contribution in [0.3, 0.4) is 0 Å². The molecule has 0 bridgehead atoms. The lowest BCUT2D eigenvalue weighted by Crippen LogP contribution is -2.17. The van der Waals surface area contributed by atoms with E-state index in [9.17, 15) is 4.79 Å². The summed E-state index contributed by atoms with van der Waals surface area (Å²) >= 11 is 0. The summed E-state index contributed by atoms with van der Waals surface area (Å²) in [6.07, 6.45) is 9.31. The van der Waals surface area contributed by atoms with Gasteiger partial charge in [-0.05, 0) is 47.7 Å². The van der Waals surface area contributed by atoms with Gasteiger partial charge in [0.2, 0.25) is 0 Å². The molecule has 0 aromatic heterocycles. The quantitative estimate of drug-likeness (QED) is 0.148. The minimum atomic E-state index is -0.293. The predicted octanol–water partition coefficient (Wildman–Crippen LogP) is 4.29. The van der Waals surface area contributed by atoms with Gasteiger partial charge in [0.05, 0.1) is 6.61 Å². The Morgan fingerprint density at radius 2 is 1.65 bits per heavy atom. The van der Waals surface area contributed by atoms with Crippen LogP contribution in [0.2, 0.25) is 0 Å². The number of hydrogen-bond donors (Lipinski definition) is 1. The molecule has 1 N–H and O–H groups in total. The fraction of sp³-hybridized carbons (Fsp3) is 0.812. The van der Waals surface area contributed by atoms with Crippen molar-refractivity contribution in [3.63, 3.8) is 0 Å². The second-order valence-electron chi connectivity index (χ2n) is 5.51. The van der Waals surface area contributed by atoms with Crippen LogP contribution in [-0.2, 0) is 29.5 Å². The van der Waals surface area contributed by atoms with Gasteiger partial charge in [-0.25, -0.2) is 14.9 Å². The van der Waals surface area contributed by atoms with E-state index in [1.165, 1.54) is 12.8 Å². The topological polar surface area (TPSA) is 83.5 Å². The second-order valence-corrected chi connectivity index (χ2v) is 5.51. The molecule has 7 heteroatoms. The molecule has 0 rings (SSSR count). The van der Waals surface area contributed by atoms with Crippen LogP contribution in [0, 0.1) is 0 Å². The summed E-state index contributed by atoms with van der Waals surface area (Å²) in [6.45, 7) is 7.67. The number of esters is 1. The van der Waals surface area contributed by atoms with E-state index in [4.69, 9.17) is 9.99 Å². The first kappa shape index (κ1) is 22.0. The highest BCUT2D eigenvalue weighted by Gasteiger charge is 2.12. The smallest absolute Gasteiger partial charge is 0.333 e. The van der Waals surface area contributed by atoms with Crippen molar-refractivity contribution in [3.05, 3.63) is 12.2 Å². The largest absolute Gasteiger partial charge is 0.459 e. The van der Waals surface area contributed by atoms with E-state index in [0.29, 0.717) is 12.2 Å². The van der Waals surface area contributed by atoms with Crippen LogP contribution >= 0.6 is 0 Å². The van der Waals surface area contributed by atoms with Crippen LogP contribution in [0.5, 0.6) is 0 Å². The van der Waals surface area contributed by atoms with E-state index < -0.39 is 0 Å². The zero-order chi connectivity index (χ0) is 17.3. The Bertz CT molecular complexity index is 307. The molecule has 0 aromatic rings. The lowest BCUT2D eigenvalue weighted by molar-refractivity contribution is -0.702. The van der Waals surface area contributed by atoms with Gasteiger partial charge in [0.1, 0.15) is 6.10 Å². The van der Waals surface area contributed by atoms with Crippen molar-refractivity contribution in [2.75, 3.05) is 6.61 Å². The van der Waals surface area contributed by atoms with E-state index in [2.05, 4.69) is 26.6 Å². The standard InChI is InChI=1S/C16H30O7/c1-4-15(20-16(17)14(2)3)12-10-8-6-5-7-9-11-13-19-22-23-21-18/h15,18H,2,4-13H2,1,3H3. The summed E-state index contributed by atoms with van der Waals surface area (Å²) in [5.74, 6) is -0.293. The molecule has 0 saturated carbocycles. The summed E-state index contributed by atoms with van der Waals surface area (Å²) in [5, 5.41) is 18.6. The number of carbonyl (C=O) groups is 1. The van der Waals surface area contributed by atoms with E-state index in [-0.39, 0.29) is 12.1 Å². The molecule has 0 radical (unpaired) electrons. The monoisotopic (exact) mass is 334 g/mol. The average Bonchev–Trinajstić information content (AvgIpc) is 2.54. The van der Waals surface area contributed by atoms with E-state index in [0.717, 1.165) is 44.9 Å². The highest BCUT2D eigenvalue weighted by Crippen LogP contribution is 2.14. The molecule has 0 aromatic carbocycles. The third kappa shape index (κ3) is 14.3. The van der Waals surface area contributed by atoms with E-state index in [1.54, 1.807) is 6.92 Å². The van der Waals surface area contributed by atoms with E-state index in [1.807, 2.05) is 6.92 Å². The predicted molar refractivity (Wildman–Crippen MR) is 83.8 cm³/mol. The molecule has 0 spiro atoms. The first-order valence-electron chi connectivity index (χ1n) is 8.24. The van der Waals surface area contributed by atoms with Crippen LogP contribution in [0.4, 0.5) is 0 Å². The van der Waals surface area contributed by atoms with Gasteiger partial charge in [-0.2, -0.15) is 0 Å². The zero-order valence-electron chi connectivity index (χ0n) is 14.3. The lowest BCUT2D eigenvalue weighted by atomic mass is 10.1. The maximum atomic E-state index is 11.5. The summed E-state index contributed by atoms with van der Waals surface area (Å²) in [7, 11) is 0. The van der Waals surface area contributed by atoms with Gasteiger partial charge in [-0.1, -0.05) is 45.6 Å². The summed E-state index contributed by atoms with van der Waals surface area (Å²) in [4.78, 5) is 16.0. The molecule has 0 aliphatic heterocycles. The lowest BCUT2D eigenvalue weighted by Gasteiger charge is -2.16. The number of ether oxygens (including phenoxy) is 1. The highest BCUT2D eigenvalue weighted by atomic mass is 17.8. The molecular formula is C16H30O7. The summed E-state index contributed by atoms with van der Waals surface area (Å²) in [6, 6.07) is 0. The van der Waals surface area contributed by atoms with Crippen molar-refractivity contribution < 1.29 is 34.8 Å². The van der Waals surface area contributed by atoms with E-state index >= 15 is 0 Å². The molecule has 1 atom stereocenters. The summed E-state index contributed by atoms with van der Waals surface area (Å²) in [5.41, 5.74) is 0.452. The molecule has 0 aliphatic rings. The SMILES string of the molecule is C=C(C)C(=O)OC(CC)CCCCCCCCCOOOOO. The fourth-order valence-corrected chi connectivity index (χ4v) is 2.08. The molecule has 0 saturated heterocycles. The molecule has 0 fully saturated rings. The Labute approximate surface area is 138 Å². The Hall–Kier alpha value is -0.990. The maximum Gasteiger partial charge on any atom is 0.333 e. The number of rotatable bonds is 16. The van der Waals surface area contributed by atoms with Gasteiger partial charge < -0.3 is 4.74 Å². The van der Waals surface area contributed by atoms with Crippen LogP contribution in [0.25, 0.3) is 0 Å². The van der Waals surface area contributed by atoms with Gasteiger partial charge in [-0.3, -0.25) is 0 Å². The van der Waals surface area contributed by atoms with Crippen LogP contribution in [0.15, 0.2) is 12.2 Å². The Morgan fingerprint density at radius 3 is 2.22 bits per heavy atom. The number of carbonyl (C=O) groups excluding carboxylic acids is 1. The number of unbranched alkanes of at least 4 members (excludes halogenated alkanes) is 6. The summed E-state index contributed by atoms with van der Waals surface area (Å²) < 4.78 is 5.36. The Kier molecular flexibility index (Phi) is 15.2. The van der Waals surface area contributed by atoms with Crippen LogP contribution in [0.1, 0.15) is 71.6 Å². The zero-order valence-corrected chi connectivity index (χ0v) is 14.3. The number of hydrogen-bond acceptors (Lipinski definition) is 7. The molecule has 1 unspecified atom stereocenters. The highest BCUT2D eigenvalue weighted by molar-refractivity contribution is 5.87. The molecule has 0 heterocycles. The minimum absolute atomic E-state index is 0.00136. The van der Waals surface area contributed by atoms with Crippen molar-refractivity contribution in [1.82, 2.24) is 0 Å². The Balaban J connectivity index is 3.37. The van der Waals surface area contributed by atoms with Gasteiger partial charge >= 0.3 is 5.97 Å². The van der Waals surface area contributed by atoms with Crippen LogP contribution < -0.4 is 0 Å². The first-order valence-corrected chi connectivity index (χ1v) is 8.24. The Morgan fingerprint density at radius 1 is 1.04 bits per heavy atom. The molecule has 0 amide bonds. The normalized spacial score (nSPS) is 12.1. The van der Waals surface area contributed by atoms with Crippen molar-refractivity contribution in [3.8, 4) is 0 Å². The van der Waals surface area contributed by atoms with Crippen molar-refractivity contribution in [2.24, 2.45) is 0 Å². The molecule has 23 heavy (non-hydrogen) atoms. The second kappa shape index (κ2) is 15.9. The van der Waals surface area contributed by atoms with Gasteiger partial charge in [0.15, 0.2) is 0 Å². The van der Waals surface area contributed by atoms with Gasteiger partial charge in [0.25, 0.3) is 0 Å². The van der Waals surface area contributed by atoms with Crippen molar-refractivity contribution in [1.29, 1.82) is 0 Å². The van der Waals surface area contributed by atoms with Crippen molar-refractivity contribution in [2.45, 2.75) is 77.7 Å². The van der Waals surface area contributed by atoms with Crippen LogP contribution in [-0.4, -0.2) is 23.9 Å². The van der Waals surface area contributed by atoms with Gasteiger partial charge in [-0.15, -0.1) is 0 Å². The molecule has 136 valence electrons. The maximum absolute atomic E-state index is 11.5. The minimum Gasteiger partial charge on any atom is -0.459 e. The molecular weight excluding hydrogens is 304 g/mol. The average molecular weight is 334 g/mol. The third-order valence-electron chi connectivity index (χ3n) is 3.44. The first-order chi connectivity index (χ1) is 11.1. The fourth-order valence-electron chi connectivity index (χ4n) is 2.08. The molecule has 0 aliphatic carbocycles. The molecule has 7 nitrogen and oxygen atoms in total. The van der Waals surface area contributed by atoms with Crippen molar-refractivity contribution >= 4 is 5.97 Å². The van der Waals surface area contributed by atoms with Gasteiger partial charge in [0, 0.05) is 5.57 Å².